The molecular weight excluding hydrogens is 397 g/mol. The van der Waals surface area contributed by atoms with Crippen LogP contribution in [0.5, 0.6) is 0 Å². The van der Waals surface area contributed by atoms with Crippen LogP contribution in [0.3, 0.4) is 0 Å². The Kier molecular flexibility index (Phi) is 6.06. The molecule has 1 amide bonds. The lowest BCUT2D eigenvalue weighted by atomic mass is 10.1. The topological polar surface area (TPSA) is 55.2 Å². The van der Waals surface area contributed by atoms with Gasteiger partial charge in [-0.15, -0.1) is 0 Å². The molecule has 2 aromatic carbocycles. The van der Waals surface area contributed by atoms with Crippen LogP contribution < -0.4 is 5.56 Å². The van der Waals surface area contributed by atoms with Crippen molar-refractivity contribution in [3.05, 3.63) is 74.3 Å². The van der Waals surface area contributed by atoms with E-state index in [4.69, 9.17) is 28.2 Å². The van der Waals surface area contributed by atoms with Gasteiger partial charge in [0, 0.05) is 28.7 Å². The fraction of sp³-hybridized carbons (Fsp3) is 0.286. The van der Waals surface area contributed by atoms with Crippen LogP contribution in [0.1, 0.15) is 43.0 Å². The standard InChI is InChI=1S/C21H21Cl2N3O2/c1-4-25(20(27)14-6-8-15(22)9-7-14)13(3)19-24-18-11-10-16(23)12-17(18)21(28)26(19)5-2/h6-13H,4-5H2,1-3H3. The molecule has 0 fully saturated rings. The molecule has 5 nitrogen and oxygen atoms in total. The zero-order valence-electron chi connectivity index (χ0n) is 15.9. The maximum atomic E-state index is 13.0. The summed E-state index contributed by atoms with van der Waals surface area (Å²) in [5.41, 5.74) is 0.943. The third-order valence-corrected chi connectivity index (χ3v) is 5.28. The molecule has 0 radical (unpaired) electrons. The van der Waals surface area contributed by atoms with E-state index in [1.807, 2.05) is 20.8 Å². The van der Waals surface area contributed by atoms with Gasteiger partial charge in [-0.25, -0.2) is 4.98 Å². The van der Waals surface area contributed by atoms with Crippen LogP contribution in [-0.2, 0) is 6.54 Å². The minimum atomic E-state index is -0.388. The number of amides is 1. The second-order valence-corrected chi connectivity index (χ2v) is 7.33. The van der Waals surface area contributed by atoms with E-state index >= 15 is 0 Å². The molecule has 28 heavy (non-hydrogen) atoms. The average molecular weight is 418 g/mol. The van der Waals surface area contributed by atoms with Gasteiger partial charge in [0.15, 0.2) is 0 Å². The first-order valence-corrected chi connectivity index (χ1v) is 9.89. The normalized spacial score (nSPS) is 12.2. The summed E-state index contributed by atoms with van der Waals surface area (Å²) in [6.45, 7) is 6.58. The van der Waals surface area contributed by atoms with Crippen LogP contribution in [0.2, 0.25) is 10.0 Å². The summed E-state index contributed by atoms with van der Waals surface area (Å²) in [5.74, 6) is 0.409. The van der Waals surface area contributed by atoms with Crippen molar-refractivity contribution < 1.29 is 4.79 Å². The third kappa shape index (κ3) is 3.77. The van der Waals surface area contributed by atoms with Gasteiger partial charge in [-0.2, -0.15) is 0 Å². The van der Waals surface area contributed by atoms with Crippen molar-refractivity contribution in [2.45, 2.75) is 33.4 Å². The van der Waals surface area contributed by atoms with Crippen molar-refractivity contribution in [1.29, 1.82) is 0 Å². The summed E-state index contributed by atoms with van der Waals surface area (Å²) >= 11 is 12.0. The van der Waals surface area contributed by atoms with Crippen LogP contribution in [0, 0.1) is 0 Å². The quantitative estimate of drug-likeness (QED) is 0.590. The predicted octanol–water partition coefficient (Wildman–Crippen LogP) is 4.95. The van der Waals surface area contributed by atoms with Crippen LogP contribution in [0.25, 0.3) is 10.9 Å². The number of carbonyl (C=O) groups excluding carboxylic acids is 1. The minimum absolute atomic E-state index is 0.139. The Bertz CT molecular complexity index is 1080. The minimum Gasteiger partial charge on any atom is -0.329 e. The molecule has 1 heterocycles. The highest BCUT2D eigenvalue weighted by Crippen LogP contribution is 2.23. The summed E-state index contributed by atoms with van der Waals surface area (Å²) in [4.78, 5) is 32.4. The van der Waals surface area contributed by atoms with E-state index in [1.165, 1.54) is 0 Å². The smallest absolute Gasteiger partial charge is 0.261 e. The third-order valence-electron chi connectivity index (χ3n) is 4.80. The largest absolute Gasteiger partial charge is 0.329 e. The highest BCUT2D eigenvalue weighted by molar-refractivity contribution is 6.31. The average Bonchev–Trinajstić information content (AvgIpc) is 2.69. The fourth-order valence-electron chi connectivity index (χ4n) is 3.33. The van der Waals surface area contributed by atoms with Crippen molar-refractivity contribution in [2.24, 2.45) is 0 Å². The Morgan fingerprint density at radius 2 is 1.75 bits per heavy atom. The van der Waals surface area contributed by atoms with Crippen molar-refractivity contribution in [1.82, 2.24) is 14.5 Å². The molecule has 0 saturated heterocycles. The molecule has 0 saturated carbocycles. The Morgan fingerprint density at radius 3 is 2.36 bits per heavy atom. The molecule has 0 bridgehead atoms. The zero-order valence-corrected chi connectivity index (χ0v) is 17.5. The second-order valence-electron chi connectivity index (χ2n) is 6.45. The number of aromatic nitrogens is 2. The van der Waals surface area contributed by atoms with E-state index in [-0.39, 0.29) is 17.5 Å². The first-order valence-electron chi connectivity index (χ1n) is 9.13. The van der Waals surface area contributed by atoms with Crippen LogP contribution >= 0.6 is 23.2 Å². The van der Waals surface area contributed by atoms with E-state index in [0.29, 0.717) is 45.4 Å². The summed E-state index contributed by atoms with van der Waals surface area (Å²) in [7, 11) is 0. The predicted molar refractivity (Wildman–Crippen MR) is 113 cm³/mol. The second kappa shape index (κ2) is 8.33. The van der Waals surface area contributed by atoms with E-state index in [1.54, 1.807) is 51.9 Å². The van der Waals surface area contributed by atoms with Gasteiger partial charge in [-0.3, -0.25) is 14.2 Å². The van der Waals surface area contributed by atoms with Crippen molar-refractivity contribution in [3.8, 4) is 0 Å². The van der Waals surface area contributed by atoms with Crippen molar-refractivity contribution >= 4 is 40.0 Å². The Labute approximate surface area is 173 Å². The number of nitrogens with zero attached hydrogens (tertiary/aromatic N) is 3. The van der Waals surface area contributed by atoms with Gasteiger partial charge >= 0.3 is 0 Å². The molecule has 1 atom stereocenters. The van der Waals surface area contributed by atoms with Gasteiger partial charge in [0.05, 0.1) is 16.9 Å². The fourth-order valence-corrected chi connectivity index (χ4v) is 3.62. The van der Waals surface area contributed by atoms with E-state index < -0.39 is 0 Å². The Hall–Kier alpha value is -2.37. The molecule has 7 heteroatoms. The van der Waals surface area contributed by atoms with E-state index in [9.17, 15) is 9.59 Å². The molecular formula is C21H21Cl2N3O2. The van der Waals surface area contributed by atoms with Gasteiger partial charge in [0.25, 0.3) is 11.5 Å². The number of rotatable bonds is 5. The molecule has 1 unspecified atom stereocenters. The van der Waals surface area contributed by atoms with Crippen LogP contribution in [-0.4, -0.2) is 26.9 Å². The summed E-state index contributed by atoms with van der Waals surface area (Å²) in [5, 5.41) is 1.53. The van der Waals surface area contributed by atoms with Crippen molar-refractivity contribution in [3.63, 3.8) is 0 Å². The first kappa shape index (κ1) is 20.4. The number of hydrogen-bond acceptors (Lipinski definition) is 3. The maximum Gasteiger partial charge on any atom is 0.261 e. The highest BCUT2D eigenvalue weighted by atomic mass is 35.5. The molecule has 0 spiro atoms. The Morgan fingerprint density at radius 1 is 1.11 bits per heavy atom. The van der Waals surface area contributed by atoms with Gasteiger partial charge in [-0.05, 0) is 63.2 Å². The van der Waals surface area contributed by atoms with Gasteiger partial charge < -0.3 is 4.90 Å². The zero-order chi connectivity index (χ0) is 20.4. The lowest BCUT2D eigenvalue weighted by Gasteiger charge is -2.29. The molecule has 0 aliphatic rings. The molecule has 0 aliphatic carbocycles. The maximum absolute atomic E-state index is 13.0. The lowest BCUT2D eigenvalue weighted by Crippen LogP contribution is -2.37. The number of carbonyl (C=O) groups is 1. The van der Waals surface area contributed by atoms with E-state index in [0.717, 1.165) is 0 Å². The number of halogens is 2. The Balaban J connectivity index is 2.08. The molecule has 0 aliphatic heterocycles. The highest BCUT2D eigenvalue weighted by Gasteiger charge is 2.25. The summed E-state index contributed by atoms with van der Waals surface area (Å²) < 4.78 is 1.60. The van der Waals surface area contributed by atoms with Gasteiger partial charge in [0.1, 0.15) is 5.82 Å². The summed E-state index contributed by atoms with van der Waals surface area (Å²) in [6.07, 6.45) is 0. The molecule has 0 N–H and O–H groups in total. The molecule has 1 aromatic heterocycles. The number of fused-ring (bicyclic) bond motifs is 1. The molecule has 3 aromatic rings. The first-order chi connectivity index (χ1) is 13.4. The van der Waals surface area contributed by atoms with Gasteiger partial charge in [0.2, 0.25) is 0 Å². The van der Waals surface area contributed by atoms with Crippen LogP contribution in [0.4, 0.5) is 0 Å². The SMILES string of the molecule is CCN(C(=O)c1ccc(Cl)cc1)C(C)c1nc2ccc(Cl)cc2c(=O)n1CC. The molecule has 146 valence electrons. The van der Waals surface area contributed by atoms with E-state index in [2.05, 4.69) is 0 Å². The van der Waals surface area contributed by atoms with Crippen LogP contribution in [0.15, 0.2) is 47.3 Å². The lowest BCUT2D eigenvalue weighted by molar-refractivity contribution is 0.0691. The van der Waals surface area contributed by atoms with Crippen molar-refractivity contribution in [2.75, 3.05) is 6.54 Å². The number of benzene rings is 2. The monoisotopic (exact) mass is 417 g/mol. The summed E-state index contributed by atoms with van der Waals surface area (Å²) in [6, 6.07) is 11.4. The van der Waals surface area contributed by atoms with Gasteiger partial charge in [-0.1, -0.05) is 23.2 Å². The molecule has 3 rings (SSSR count). The number of hydrogen-bond donors (Lipinski definition) is 0.